The van der Waals surface area contributed by atoms with E-state index in [-0.39, 0.29) is 18.3 Å². The second-order valence-corrected chi connectivity index (χ2v) is 6.92. The average molecular weight is 388 g/mol. The molecule has 1 aliphatic heterocycles. The van der Waals surface area contributed by atoms with Crippen LogP contribution in [0.3, 0.4) is 0 Å². The van der Waals surface area contributed by atoms with Crippen molar-refractivity contribution in [2.45, 2.75) is 18.8 Å². The third-order valence-corrected chi connectivity index (χ3v) is 5.28. The van der Waals surface area contributed by atoms with Gasteiger partial charge in [-0.05, 0) is 24.1 Å². The molecule has 0 aliphatic carbocycles. The number of ether oxygens (including phenoxy) is 1. The molecule has 0 saturated heterocycles. The first-order valence-corrected chi connectivity index (χ1v) is 9.29. The molecule has 2 heterocycles. The minimum Gasteiger partial charge on any atom is -0.467 e. The molecule has 1 aromatic heterocycles. The average Bonchev–Trinajstić information content (AvgIpc) is 3.08. The standard InChI is InChI=1S/C22H20N4O3/c1-14-24-25-22(26(14)2)17-11-23-19-10-6-9-16(20(19)21(17)28)18(12-29-13-27)15-7-4-3-5-8-15/h3-11,13,17-18H,12H2,1-2H3. The summed E-state index contributed by atoms with van der Waals surface area (Å²) in [5.41, 5.74) is 2.87. The van der Waals surface area contributed by atoms with Crippen molar-refractivity contribution >= 4 is 24.2 Å². The number of nitrogens with zero attached hydrogens (tertiary/aromatic N) is 4. The first kappa shape index (κ1) is 18.7. The van der Waals surface area contributed by atoms with Crippen LogP contribution in [0.1, 0.15) is 45.0 Å². The van der Waals surface area contributed by atoms with Crippen LogP contribution in [0.5, 0.6) is 0 Å². The Bertz CT molecular complexity index is 1090. The summed E-state index contributed by atoms with van der Waals surface area (Å²) in [6.45, 7) is 2.40. The van der Waals surface area contributed by atoms with Gasteiger partial charge in [-0.25, -0.2) is 0 Å². The smallest absolute Gasteiger partial charge is 0.293 e. The highest BCUT2D eigenvalue weighted by atomic mass is 16.5. The predicted octanol–water partition coefficient (Wildman–Crippen LogP) is 3.11. The van der Waals surface area contributed by atoms with Crippen molar-refractivity contribution in [2.24, 2.45) is 12.0 Å². The lowest BCUT2D eigenvalue weighted by Crippen LogP contribution is -2.24. The second-order valence-electron chi connectivity index (χ2n) is 6.92. The summed E-state index contributed by atoms with van der Waals surface area (Å²) >= 11 is 0. The van der Waals surface area contributed by atoms with Crippen molar-refractivity contribution in [3.05, 3.63) is 76.9 Å². The molecular formula is C22H20N4O3. The Morgan fingerprint density at radius 2 is 1.93 bits per heavy atom. The van der Waals surface area contributed by atoms with Gasteiger partial charge in [-0.1, -0.05) is 42.5 Å². The van der Waals surface area contributed by atoms with E-state index in [2.05, 4.69) is 15.2 Å². The fraction of sp³-hybridized carbons (Fsp3) is 0.227. The third-order valence-electron chi connectivity index (χ3n) is 5.28. The number of carbonyl (C=O) groups is 2. The van der Waals surface area contributed by atoms with E-state index in [1.807, 2.05) is 62.5 Å². The molecule has 7 heteroatoms. The van der Waals surface area contributed by atoms with Crippen molar-refractivity contribution in [1.29, 1.82) is 0 Å². The van der Waals surface area contributed by atoms with Crippen LogP contribution >= 0.6 is 0 Å². The Balaban J connectivity index is 1.82. The third kappa shape index (κ3) is 3.35. The van der Waals surface area contributed by atoms with Crippen LogP contribution in [0.15, 0.2) is 53.5 Å². The van der Waals surface area contributed by atoms with E-state index in [1.54, 1.807) is 10.8 Å². The molecule has 0 fully saturated rings. The zero-order valence-electron chi connectivity index (χ0n) is 16.1. The van der Waals surface area contributed by atoms with Gasteiger partial charge in [0.05, 0.1) is 5.69 Å². The van der Waals surface area contributed by atoms with Gasteiger partial charge in [0.25, 0.3) is 6.47 Å². The van der Waals surface area contributed by atoms with Gasteiger partial charge in [-0.2, -0.15) is 0 Å². The molecule has 1 aliphatic rings. The molecule has 4 rings (SSSR count). The van der Waals surface area contributed by atoms with Gasteiger partial charge in [0, 0.05) is 24.7 Å². The number of aryl methyl sites for hydroxylation is 1. The summed E-state index contributed by atoms with van der Waals surface area (Å²) in [6.07, 6.45) is 1.62. The largest absolute Gasteiger partial charge is 0.467 e. The van der Waals surface area contributed by atoms with E-state index in [0.717, 1.165) is 17.0 Å². The second kappa shape index (κ2) is 7.79. The first-order chi connectivity index (χ1) is 14.1. The molecule has 7 nitrogen and oxygen atoms in total. The molecule has 0 saturated carbocycles. The number of hydrogen-bond acceptors (Lipinski definition) is 6. The Hall–Kier alpha value is -3.61. The maximum absolute atomic E-state index is 13.5. The van der Waals surface area contributed by atoms with E-state index in [0.29, 0.717) is 23.5 Å². The molecule has 0 spiro atoms. The van der Waals surface area contributed by atoms with Crippen molar-refractivity contribution in [3.63, 3.8) is 0 Å². The van der Waals surface area contributed by atoms with E-state index < -0.39 is 5.92 Å². The van der Waals surface area contributed by atoms with Crippen LogP contribution in [0, 0.1) is 6.92 Å². The highest BCUT2D eigenvalue weighted by Crippen LogP contribution is 2.38. The van der Waals surface area contributed by atoms with Crippen LogP contribution in [0.4, 0.5) is 5.69 Å². The normalized spacial score (nSPS) is 16.3. The molecule has 29 heavy (non-hydrogen) atoms. The quantitative estimate of drug-likeness (QED) is 0.606. The summed E-state index contributed by atoms with van der Waals surface area (Å²) in [5.74, 6) is 0.292. The SMILES string of the molecule is Cc1nnc(C2C=Nc3cccc(C(COC=O)c4ccccc4)c3C2=O)n1C. The first-order valence-electron chi connectivity index (χ1n) is 9.29. The number of benzene rings is 2. The molecule has 2 aromatic carbocycles. The molecule has 0 N–H and O–H groups in total. The maximum atomic E-state index is 13.5. The topological polar surface area (TPSA) is 86.4 Å². The Morgan fingerprint density at radius 1 is 1.14 bits per heavy atom. The number of aromatic nitrogens is 3. The number of aliphatic imine (C=N–C) groups is 1. The minimum absolute atomic E-state index is 0.0897. The highest BCUT2D eigenvalue weighted by molar-refractivity contribution is 6.16. The number of ketones is 1. The summed E-state index contributed by atoms with van der Waals surface area (Å²) in [5, 5.41) is 8.24. The van der Waals surface area contributed by atoms with Gasteiger partial charge in [0.1, 0.15) is 24.2 Å². The molecule has 0 amide bonds. The lowest BCUT2D eigenvalue weighted by Gasteiger charge is -2.24. The lowest BCUT2D eigenvalue weighted by molar-refractivity contribution is -0.128. The van der Waals surface area contributed by atoms with Gasteiger partial charge < -0.3 is 9.30 Å². The number of Topliss-reactive ketones (excluding diaryl/α,β-unsaturated/α-hetero) is 1. The Kier molecular flexibility index (Phi) is 5.03. The lowest BCUT2D eigenvalue weighted by atomic mass is 9.83. The van der Waals surface area contributed by atoms with Crippen LogP contribution in [-0.2, 0) is 16.6 Å². The number of fused-ring (bicyclic) bond motifs is 1. The zero-order valence-corrected chi connectivity index (χ0v) is 16.1. The van der Waals surface area contributed by atoms with Gasteiger partial charge in [-0.15, -0.1) is 10.2 Å². The van der Waals surface area contributed by atoms with Crippen molar-refractivity contribution in [3.8, 4) is 0 Å². The predicted molar refractivity (Wildman–Crippen MR) is 108 cm³/mol. The van der Waals surface area contributed by atoms with Crippen LogP contribution in [0.2, 0.25) is 0 Å². The van der Waals surface area contributed by atoms with Crippen LogP contribution in [0.25, 0.3) is 0 Å². The minimum atomic E-state index is -0.613. The number of hydrogen-bond donors (Lipinski definition) is 0. The summed E-state index contributed by atoms with van der Waals surface area (Å²) < 4.78 is 6.91. The molecule has 0 radical (unpaired) electrons. The maximum Gasteiger partial charge on any atom is 0.293 e. The molecule has 2 unspecified atom stereocenters. The fourth-order valence-electron chi connectivity index (χ4n) is 3.67. The van der Waals surface area contributed by atoms with Crippen LogP contribution < -0.4 is 0 Å². The van der Waals surface area contributed by atoms with Crippen molar-refractivity contribution in [1.82, 2.24) is 14.8 Å². The molecule has 0 bridgehead atoms. The number of carbonyl (C=O) groups excluding carboxylic acids is 2. The van der Waals surface area contributed by atoms with Gasteiger partial charge in [0.2, 0.25) is 0 Å². The summed E-state index contributed by atoms with van der Waals surface area (Å²) in [4.78, 5) is 28.9. The Labute approximate surface area is 168 Å². The van der Waals surface area contributed by atoms with E-state index in [1.165, 1.54) is 0 Å². The van der Waals surface area contributed by atoms with Gasteiger partial charge in [-0.3, -0.25) is 14.6 Å². The van der Waals surface area contributed by atoms with E-state index in [4.69, 9.17) is 4.74 Å². The van der Waals surface area contributed by atoms with Crippen molar-refractivity contribution < 1.29 is 14.3 Å². The van der Waals surface area contributed by atoms with E-state index >= 15 is 0 Å². The zero-order chi connectivity index (χ0) is 20.4. The van der Waals surface area contributed by atoms with Gasteiger partial charge >= 0.3 is 0 Å². The monoisotopic (exact) mass is 388 g/mol. The highest BCUT2D eigenvalue weighted by Gasteiger charge is 2.34. The molecule has 2 atom stereocenters. The number of rotatable bonds is 6. The summed E-state index contributed by atoms with van der Waals surface area (Å²) in [7, 11) is 1.83. The van der Waals surface area contributed by atoms with Crippen LogP contribution in [-0.4, -0.2) is 39.8 Å². The molecular weight excluding hydrogens is 368 g/mol. The Morgan fingerprint density at radius 3 is 2.62 bits per heavy atom. The fourth-order valence-corrected chi connectivity index (χ4v) is 3.67. The van der Waals surface area contributed by atoms with E-state index in [9.17, 15) is 9.59 Å². The molecule has 146 valence electrons. The van der Waals surface area contributed by atoms with Gasteiger partial charge in [0.15, 0.2) is 5.78 Å². The summed E-state index contributed by atoms with van der Waals surface area (Å²) in [6, 6.07) is 15.2. The van der Waals surface area contributed by atoms with Crippen molar-refractivity contribution in [2.75, 3.05) is 6.61 Å². The molecule has 3 aromatic rings.